The molecular weight excluding hydrogens is 136 g/mol. The minimum absolute atomic E-state index is 0.277. The van der Waals surface area contributed by atoms with Gasteiger partial charge in [0.1, 0.15) is 6.07 Å². The SMILES string of the molecule is C=C(C#N)/C(C#N)=C/C1CC1. The van der Waals surface area contributed by atoms with Crippen LogP contribution in [0.3, 0.4) is 0 Å². The third-order valence-electron chi connectivity index (χ3n) is 1.60. The van der Waals surface area contributed by atoms with Crippen molar-refractivity contribution < 1.29 is 0 Å². The van der Waals surface area contributed by atoms with Gasteiger partial charge in [-0.05, 0) is 18.8 Å². The maximum Gasteiger partial charge on any atom is 0.100 e. The van der Waals surface area contributed by atoms with Gasteiger partial charge in [0, 0.05) is 0 Å². The molecule has 2 nitrogen and oxygen atoms in total. The average Bonchev–Trinajstić information content (AvgIpc) is 2.82. The normalized spacial score (nSPS) is 16.7. The minimum atomic E-state index is 0.277. The smallest absolute Gasteiger partial charge is 0.100 e. The molecule has 0 bridgehead atoms. The number of nitrogens with zero attached hydrogens (tertiary/aromatic N) is 2. The van der Waals surface area contributed by atoms with E-state index >= 15 is 0 Å². The topological polar surface area (TPSA) is 47.6 Å². The quantitative estimate of drug-likeness (QED) is 0.439. The average molecular weight is 144 g/mol. The highest BCUT2D eigenvalue weighted by molar-refractivity contribution is 5.48. The summed E-state index contributed by atoms with van der Waals surface area (Å²) in [5, 5.41) is 17.0. The third-order valence-corrected chi connectivity index (χ3v) is 1.60. The molecule has 0 atom stereocenters. The van der Waals surface area contributed by atoms with E-state index in [1.165, 1.54) is 0 Å². The number of rotatable bonds is 2. The molecule has 2 heteroatoms. The van der Waals surface area contributed by atoms with E-state index in [2.05, 4.69) is 6.58 Å². The van der Waals surface area contributed by atoms with Crippen molar-refractivity contribution in [2.24, 2.45) is 5.92 Å². The molecular formula is C9H8N2. The Bertz CT molecular complexity index is 282. The van der Waals surface area contributed by atoms with Gasteiger partial charge in [-0.2, -0.15) is 10.5 Å². The fourth-order valence-electron chi connectivity index (χ4n) is 0.764. The Morgan fingerprint density at radius 1 is 1.36 bits per heavy atom. The van der Waals surface area contributed by atoms with E-state index in [1.54, 1.807) is 0 Å². The second-order valence-electron chi connectivity index (χ2n) is 2.62. The summed E-state index contributed by atoms with van der Waals surface area (Å²) in [6, 6.07) is 3.83. The summed E-state index contributed by atoms with van der Waals surface area (Å²) in [5.41, 5.74) is 0.717. The summed E-state index contributed by atoms with van der Waals surface area (Å²) in [7, 11) is 0. The van der Waals surface area contributed by atoms with Crippen LogP contribution in [0.4, 0.5) is 0 Å². The monoisotopic (exact) mass is 144 g/mol. The van der Waals surface area contributed by atoms with Crippen LogP contribution in [0.2, 0.25) is 0 Å². The van der Waals surface area contributed by atoms with E-state index in [-0.39, 0.29) is 5.57 Å². The lowest BCUT2D eigenvalue weighted by Gasteiger charge is -1.89. The largest absolute Gasteiger partial charge is 0.192 e. The third kappa shape index (κ3) is 1.95. The molecule has 54 valence electrons. The molecule has 1 rings (SSSR count). The lowest BCUT2D eigenvalue weighted by Crippen LogP contribution is -1.82. The Kier molecular flexibility index (Phi) is 2.09. The molecule has 0 aliphatic heterocycles. The number of allylic oxidation sites excluding steroid dienone is 3. The zero-order valence-electron chi connectivity index (χ0n) is 6.17. The summed E-state index contributed by atoms with van der Waals surface area (Å²) in [4.78, 5) is 0. The molecule has 0 amide bonds. The Balaban J connectivity index is 2.72. The second-order valence-corrected chi connectivity index (χ2v) is 2.62. The van der Waals surface area contributed by atoms with Crippen LogP contribution in [0.5, 0.6) is 0 Å². The molecule has 0 spiro atoms. The summed E-state index contributed by atoms with van der Waals surface area (Å²) in [5.74, 6) is 0.523. The lowest BCUT2D eigenvalue weighted by molar-refractivity contribution is 1.11. The van der Waals surface area contributed by atoms with Crippen LogP contribution < -0.4 is 0 Å². The van der Waals surface area contributed by atoms with Gasteiger partial charge in [-0.1, -0.05) is 12.7 Å². The van der Waals surface area contributed by atoms with Crippen LogP contribution in [-0.4, -0.2) is 0 Å². The molecule has 0 aromatic rings. The first-order valence-electron chi connectivity index (χ1n) is 3.49. The van der Waals surface area contributed by atoms with Crippen LogP contribution in [-0.2, 0) is 0 Å². The molecule has 0 aromatic carbocycles. The summed E-state index contributed by atoms with van der Waals surface area (Å²) >= 11 is 0. The van der Waals surface area contributed by atoms with Crippen LogP contribution in [0, 0.1) is 28.6 Å². The van der Waals surface area contributed by atoms with Crippen molar-refractivity contribution in [3.05, 3.63) is 23.8 Å². The van der Waals surface area contributed by atoms with Gasteiger partial charge in [0.2, 0.25) is 0 Å². The Hall–Kier alpha value is -1.54. The lowest BCUT2D eigenvalue weighted by atomic mass is 10.1. The molecule has 1 aliphatic rings. The van der Waals surface area contributed by atoms with Gasteiger partial charge in [-0.15, -0.1) is 0 Å². The maximum absolute atomic E-state index is 8.57. The molecule has 1 fully saturated rings. The van der Waals surface area contributed by atoms with Gasteiger partial charge >= 0.3 is 0 Å². The molecule has 1 aliphatic carbocycles. The molecule has 0 aromatic heterocycles. The minimum Gasteiger partial charge on any atom is -0.192 e. The van der Waals surface area contributed by atoms with E-state index in [0.717, 1.165) is 12.8 Å². The Labute approximate surface area is 66.1 Å². The van der Waals surface area contributed by atoms with Crippen LogP contribution in [0.15, 0.2) is 23.8 Å². The van der Waals surface area contributed by atoms with Gasteiger partial charge in [-0.25, -0.2) is 0 Å². The predicted molar refractivity (Wildman–Crippen MR) is 41.2 cm³/mol. The van der Waals surface area contributed by atoms with Gasteiger partial charge in [-0.3, -0.25) is 0 Å². The molecule has 11 heavy (non-hydrogen) atoms. The summed E-state index contributed by atoms with van der Waals surface area (Å²) < 4.78 is 0. The van der Waals surface area contributed by atoms with Crippen LogP contribution in [0.25, 0.3) is 0 Å². The highest BCUT2D eigenvalue weighted by atomic mass is 14.3. The van der Waals surface area contributed by atoms with Crippen molar-refractivity contribution in [3.63, 3.8) is 0 Å². The maximum atomic E-state index is 8.57. The summed E-state index contributed by atoms with van der Waals surface area (Å²) in [6.07, 6.45) is 4.12. The first-order valence-corrected chi connectivity index (χ1v) is 3.49. The van der Waals surface area contributed by atoms with Crippen molar-refractivity contribution in [1.82, 2.24) is 0 Å². The number of hydrogen-bond acceptors (Lipinski definition) is 2. The molecule has 1 saturated carbocycles. The Morgan fingerprint density at radius 3 is 2.36 bits per heavy atom. The van der Waals surface area contributed by atoms with Crippen molar-refractivity contribution in [1.29, 1.82) is 10.5 Å². The van der Waals surface area contributed by atoms with Gasteiger partial charge < -0.3 is 0 Å². The summed E-state index contributed by atoms with van der Waals surface area (Å²) in [6.45, 7) is 3.47. The van der Waals surface area contributed by atoms with E-state index in [0.29, 0.717) is 11.5 Å². The predicted octanol–water partition coefficient (Wildman–Crippen LogP) is 1.93. The van der Waals surface area contributed by atoms with Crippen molar-refractivity contribution in [2.45, 2.75) is 12.8 Å². The van der Waals surface area contributed by atoms with Gasteiger partial charge in [0.15, 0.2) is 0 Å². The van der Waals surface area contributed by atoms with E-state index in [4.69, 9.17) is 10.5 Å². The highest BCUT2D eigenvalue weighted by Gasteiger charge is 2.19. The molecule has 0 unspecified atom stereocenters. The van der Waals surface area contributed by atoms with Crippen molar-refractivity contribution in [3.8, 4) is 12.1 Å². The van der Waals surface area contributed by atoms with Gasteiger partial charge in [0.05, 0.1) is 17.2 Å². The fraction of sp³-hybridized carbons (Fsp3) is 0.333. The van der Waals surface area contributed by atoms with Crippen LogP contribution in [0.1, 0.15) is 12.8 Å². The van der Waals surface area contributed by atoms with E-state index in [1.807, 2.05) is 18.2 Å². The van der Waals surface area contributed by atoms with E-state index < -0.39 is 0 Å². The van der Waals surface area contributed by atoms with Crippen molar-refractivity contribution in [2.75, 3.05) is 0 Å². The number of hydrogen-bond donors (Lipinski definition) is 0. The van der Waals surface area contributed by atoms with E-state index in [9.17, 15) is 0 Å². The standard InChI is InChI=1S/C9H8N2/c1-7(5-10)9(6-11)4-8-2-3-8/h4,8H,1-3H2/b9-4+. The highest BCUT2D eigenvalue weighted by Crippen LogP contribution is 2.32. The second kappa shape index (κ2) is 3.03. The van der Waals surface area contributed by atoms with Crippen molar-refractivity contribution >= 4 is 0 Å². The fourth-order valence-corrected chi connectivity index (χ4v) is 0.764. The molecule has 0 N–H and O–H groups in total. The zero-order valence-corrected chi connectivity index (χ0v) is 6.17. The first-order chi connectivity index (χ1) is 5.27. The van der Waals surface area contributed by atoms with Crippen LogP contribution >= 0.6 is 0 Å². The molecule has 0 heterocycles. The molecule has 0 radical (unpaired) electrons. The first kappa shape index (κ1) is 7.57. The van der Waals surface area contributed by atoms with Gasteiger partial charge in [0.25, 0.3) is 0 Å². The molecule has 0 saturated heterocycles. The number of nitriles is 2. The zero-order chi connectivity index (χ0) is 8.27. The Morgan fingerprint density at radius 2 is 2.00 bits per heavy atom.